The van der Waals surface area contributed by atoms with Crippen LogP contribution in [0.3, 0.4) is 0 Å². The van der Waals surface area contributed by atoms with E-state index in [2.05, 4.69) is 43.2 Å². The van der Waals surface area contributed by atoms with Gasteiger partial charge in [0.1, 0.15) is 11.4 Å². The number of fused-ring (bicyclic) bond motifs is 2. The van der Waals surface area contributed by atoms with Crippen LogP contribution in [0.4, 0.5) is 0 Å². The van der Waals surface area contributed by atoms with E-state index in [-0.39, 0.29) is 22.8 Å². The third kappa shape index (κ3) is 2.65. The number of carbonyl (C=O) groups excluding carboxylic acids is 1. The normalized spacial score (nSPS) is 30.9. The number of methoxy groups -OCH3 is 1. The summed E-state index contributed by atoms with van der Waals surface area (Å²) in [5, 5.41) is 3.32. The Morgan fingerprint density at radius 1 is 1.11 bits per heavy atom. The zero-order chi connectivity index (χ0) is 19.2. The summed E-state index contributed by atoms with van der Waals surface area (Å²) in [6.45, 7) is 7.10. The number of pyridine rings is 1. The van der Waals surface area contributed by atoms with Gasteiger partial charge in [0.25, 0.3) is 5.91 Å². The van der Waals surface area contributed by atoms with Gasteiger partial charge >= 0.3 is 0 Å². The molecule has 0 aliphatic heterocycles. The highest BCUT2D eigenvalue weighted by Crippen LogP contribution is 2.70. The Balaban J connectivity index is 1.63. The standard InChI is InChI=1S/C23H28N2O2/c1-22(2)16-13-18(15-8-10-17(27-4)11-9-15)23(22,3)20(14-16)25-21(26)19-7-5-6-12-24-19/h5-12,16,18,20H,13-14H2,1-4H3,(H,25,26)/t16-,18+,20+,23+/m1/s1. The van der Waals surface area contributed by atoms with E-state index in [1.807, 2.05) is 24.3 Å². The Morgan fingerprint density at radius 2 is 1.85 bits per heavy atom. The first kappa shape index (κ1) is 18.0. The van der Waals surface area contributed by atoms with Gasteiger partial charge in [0.15, 0.2) is 0 Å². The molecule has 4 heteroatoms. The van der Waals surface area contributed by atoms with Crippen molar-refractivity contribution in [1.82, 2.24) is 10.3 Å². The van der Waals surface area contributed by atoms with Crippen molar-refractivity contribution in [3.63, 3.8) is 0 Å². The van der Waals surface area contributed by atoms with Crippen molar-refractivity contribution in [3.8, 4) is 5.75 Å². The lowest BCUT2D eigenvalue weighted by Crippen LogP contribution is -2.50. The maximum absolute atomic E-state index is 12.8. The quantitative estimate of drug-likeness (QED) is 0.873. The van der Waals surface area contributed by atoms with E-state index in [1.165, 1.54) is 12.0 Å². The predicted molar refractivity (Wildman–Crippen MR) is 106 cm³/mol. The van der Waals surface area contributed by atoms with Crippen molar-refractivity contribution >= 4 is 5.91 Å². The van der Waals surface area contributed by atoms with Crippen LogP contribution < -0.4 is 10.1 Å². The van der Waals surface area contributed by atoms with Gasteiger partial charge in [-0.25, -0.2) is 0 Å². The van der Waals surface area contributed by atoms with Gasteiger partial charge in [-0.05, 0) is 59.9 Å². The van der Waals surface area contributed by atoms with Crippen molar-refractivity contribution in [3.05, 3.63) is 59.9 Å². The minimum Gasteiger partial charge on any atom is -0.497 e. The van der Waals surface area contributed by atoms with E-state index in [9.17, 15) is 4.79 Å². The molecule has 2 saturated carbocycles. The fourth-order valence-electron chi connectivity index (χ4n) is 5.58. The molecular weight excluding hydrogens is 336 g/mol. The van der Waals surface area contributed by atoms with Crippen molar-refractivity contribution in [2.75, 3.05) is 7.11 Å². The molecule has 1 N–H and O–H groups in total. The van der Waals surface area contributed by atoms with Crippen LogP contribution in [0.25, 0.3) is 0 Å². The molecule has 0 radical (unpaired) electrons. The maximum atomic E-state index is 12.8. The number of rotatable bonds is 4. The third-order valence-electron chi connectivity index (χ3n) is 7.62. The van der Waals surface area contributed by atoms with Gasteiger partial charge in [-0.15, -0.1) is 0 Å². The van der Waals surface area contributed by atoms with E-state index >= 15 is 0 Å². The molecule has 142 valence electrons. The molecule has 2 aliphatic carbocycles. The lowest BCUT2D eigenvalue weighted by molar-refractivity contribution is 0.0766. The SMILES string of the molecule is COc1ccc([C@@H]2C[C@@H]3C[C@H](NC(=O)c4ccccn4)[C@@]2(C)C3(C)C)cc1. The van der Waals surface area contributed by atoms with Crippen LogP contribution >= 0.6 is 0 Å². The number of benzene rings is 1. The fraction of sp³-hybridized carbons (Fsp3) is 0.478. The summed E-state index contributed by atoms with van der Waals surface area (Å²) >= 11 is 0. The van der Waals surface area contributed by atoms with Crippen LogP contribution in [0, 0.1) is 16.7 Å². The third-order valence-corrected chi connectivity index (χ3v) is 7.62. The molecule has 1 aromatic heterocycles. The molecule has 0 saturated heterocycles. The Labute approximate surface area is 161 Å². The van der Waals surface area contributed by atoms with E-state index in [1.54, 1.807) is 19.4 Å². The monoisotopic (exact) mass is 364 g/mol. The molecule has 0 unspecified atom stereocenters. The molecule has 4 atom stereocenters. The molecule has 1 aromatic carbocycles. The molecule has 1 heterocycles. The van der Waals surface area contributed by atoms with Crippen molar-refractivity contribution in [1.29, 1.82) is 0 Å². The van der Waals surface area contributed by atoms with Gasteiger partial charge in [-0.3, -0.25) is 9.78 Å². The molecule has 0 spiro atoms. The van der Waals surface area contributed by atoms with Crippen molar-refractivity contribution < 1.29 is 9.53 Å². The number of nitrogens with zero attached hydrogens (tertiary/aromatic N) is 1. The fourth-order valence-corrected chi connectivity index (χ4v) is 5.58. The minimum absolute atomic E-state index is 0.00328. The van der Waals surface area contributed by atoms with Crippen LogP contribution in [0.5, 0.6) is 5.75 Å². The smallest absolute Gasteiger partial charge is 0.270 e. The topological polar surface area (TPSA) is 51.2 Å². The second kappa shape index (κ2) is 6.36. The minimum atomic E-state index is -0.0707. The summed E-state index contributed by atoms with van der Waals surface area (Å²) in [6.07, 6.45) is 3.88. The largest absolute Gasteiger partial charge is 0.497 e. The van der Waals surface area contributed by atoms with Crippen LogP contribution in [0.15, 0.2) is 48.7 Å². The van der Waals surface area contributed by atoms with E-state index in [0.717, 1.165) is 12.2 Å². The molecule has 4 nitrogen and oxygen atoms in total. The van der Waals surface area contributed by atoms with Gasteiger partial charge in [-0.2, -0.15) is 0 Å². The number of amides is 1. The predicted octanol–water partition coefficient (Wildman–Crippen LogP) is 4.43. The summed E-state index contributed by atoms with van der Waals surface area (Å²) in [5.74, 6) is 1.83. The number of aromatic nitrogens is 1. The van der Waals surface area contributed by atoms with E-state index in [0.29, 0.717) is 17.5 Å². The highest BCUT2D eigenvalue weighted by Gasteiger charge is 2.66. The molecule has 2 aromatic rings. The summed E-state index contributed by atoms with van der Waals surface area (Å²) in [6, 6.07) is 14.1. The first-order chi connectivity index (χ1) is 12.9. The summed E-state index contributed by atoms with van der Waals surface area (Å²) < 4.78 is 5.32. The lowest BCUT2D eigenvalue weighted by atomic mass is 9.63. The molecule has 2 bridgehead atoms. The molecule has 1 amide bonds. The molecule has 4 rings (SSSR count). The summed E-state index contributed by atoms with van der Waals surface area (Å²) in [4.78, 5) is 17.0. The number of hydrogen-bond acceptors (Lipinski definition) is 3. The Morgan fingerprint density at radius 3 is 2.44 bits per heavy atom. The number of ether oxygens (including phenoxy) is 1. The lowest BCUT2D eigenvalue weighted by Gasteiger charge is -2.44. The van der Waals surface area contributed by atoms with Crippen molar-refractivity contribution in [2.45, 2.75) is 45.6 Å². The Kier molecular flexibility index (Phi) is 4.25. The first-order valence-corrected chi connectivity index (χ1v) is 9.73. The van der Waals surface area contributed by atoms with Crippen LogP contribution in [-0.4, -0.2) is 24.0 Å². The zero-order valence-electron chi connectivity index (χ0n) is 16.5. The Bertz CT molecular complexity index is 831. The van der Waals surface area contributed by atoms with E-state index in [4.69, 9.17) is 4.74 Å². The summed E-state index contributed by atoms with van der Waals surface area (Å²) in [5.41, 5.74) is 1.99. The first-order valence-electron chi connectivity index (χ1n) is 9.73. The van der Waals surface area contributed by atoms with Crippen LogP contribution in [-0.2, 0) is 0 Å². The number of nitrogens with one attached hydrogen (secondary N) is 1. The Hall–Kier alpha value is -2.36. The average Bonchev–Trinajstić information content (AvgIpc) is 3.00. The second-order valence-electron chi connectivity index (χ2n) is 8.74. The number of hydrogen-bond donors (Lipinski definition) is 1. The van der Waals surface area contributed by atoms with Gasteiger partial charge < -0.3 is 10.1 Å². The molecule has 2 aliphatic rings. The van der Waals surface area contributed by atoms with Gasteiger partial charge in [0, 0.05) is 17.7 Å². The van der Waals surface area contributed by atoms with Gasteiger partial charge in [0.05, 0.1) is 7.11 Å². The van der Waals surface area contributed by atoms with Gasteiger partial charge in [0.2, 0.25) is 0 Å². The van der Waals surface area contributed by atoms with E-state index < -0.39 is 0 Å². The molecule has 27 heavy (non-hydrogen) atoms. The van der Waals surface area contributed by atoms with Crippen LogP contribution in [0.2, 0.25) is 0 Å². The highest BCUT2D eigenvalue weighted by atomic mass is 16.5. The molecular formula is C23H28N2O2. The number of carbonyl (C=O) groups is 1. The second-order valence-corrected chi connectivity index (χ2v) is 8.74. The average molecular weight is 364 g/mol. The van der Waals surface area contributed by atoms with Gasteiger partial charge in [-0.1, -0.05) is 39.0 Å². The zero-order valence-corrected chi connectivity index (χ0v) is 16.5. The highest BCUT2D eigenvalue weighted by molar-refractivity contribution is 5.92. The van der Waals surface area contributed by atoms with Crippen LogP contribution in [0.1, 0.15) is 55.6 Å². The maximum Gasteiger partial charge on any atom is 0.270 e. The summed E-state index contributed by atoms with van der Waals surface area (Å²) in [7, 11) is 1.69. The molecule has 2 fully saturated rings. The van der Waals surface area contributed by atoms with Crippen molar-refractivity contribution in [2.24, 2.45) is 16.7 Å².